The van der Waals surface area contributed by atoms with Gasteiger partial charge < -0.3 is 4.74 Å². The van der Waals surface area contributed by atoms with Gasteiger partial charge in [0.15, 0.2) is 17.4 Å². The molecule has 0 amide bonds. The predicted octanol–water partition coefficient (Wildman–Crippen LogP) is -0.308. The maximum absolute atomic E-state index is 10.3. The number of hydrogen-bond donors (Lipinski definition) is 0. The molecular weight excluding hydrogens is 147 g/mol. The van der Waals surface area contributed by atoms with Crippen LogP contribution in [0.2, 0.25) is 0 Å². The van der Waals surface area contributed by atoms with E-state index in [0.29, 0.717) is 0 Å². The highest BCUT2D eigenvalue weighted by atomic mass is 27.0. The smallest absolute Gasteiger partial charge is 0.313 e. The monoisotopic (exact) mass is 160 g/mol. The molecule has 0 saturated heterocycles. The zero-order chi connectivity index (χ0) is 7.28. The van der Waals surface area contributed by atoms with Crippen molar-refractivity contribution in [2.45, 2.75) is 26.7 Å². The molecule has 0 bridgehead atoms. The van der Waals surface area contributed by atoms with Gasteiger partial charge in [-0.25, -0.2) is 0 Å². The molecule has 0 aromatic rings. The Morgan fingerprint density at radius 1 is 1.10 bits per heavy atom. The van der Waals surface area contributed by atoms with Crippen LogP contribution in [0.15, 0.2) is 0 Å². The highest BCUT2D eigenvalue weighted by Crippen LogP contribution is 1.88. The Kier molecular flexibility index (Phi) is 8.39. The lowest BCUT2D eigenvalue weighted by Crippen LogP contribution is -2.09. The zero-order valence-corrected chi connectivity index (χ0v) is 5.64. The molecule has 0 unspecified atom stereocenters. The van der Waals surface area contributed by atoms with Crippen LogP contribution in [0.3, 0.4) is 0 Å². The van der Waals surface area contributed by atoms with Crippen LogP contribution in [-0.2, 0) is 14.3 Å². The van der Waals surface area contributed by atoms with Gasteiger partial charge in [0, 0.05) is 12.8 Å². The molecule has 0 heterocycles. The van der Waals surface area contributed by atoms with Crippen molar-refractivity contribution in [3.63, 3.8) is 0 Å². The quantitative estimate of drug-likeness (QED) is 0.316. The van der Waals surface area contributed by atoms with E-state index in [4.69, 9.17) is 0 Å². The van der Waals surface area contributed by atoms with Gasteiger partial charge >= 0.3 is 11.9 Å². The third kappa shape index (κ3) is 5.80. The lowest BCUT2D eigenvalue weighted by molar-refractivity contribution is -0.159. The Morgan fingerprint density at radius 2 is 1.40 bits per heavy atom. The summed E-state index contributed by atoms with van der Waals surface area (Å²) in [4.78, 5) is 20.7. The van der Waals surface area contributed by atoms with Crippen molar-refractivity contribution in [3.8, 4) is 0 Å². The van der Waals surface area contributed by atoms with Crippen LogP contribution in [0.1, 0.15) is 26.7 Å². The number of carbonyl (C=O) groups excluding carboxylic acids is 2. The van der Waals surface area contributed by atoms with Gasteiger partial charge in [-0.3, -0.25) is 9.59 Å². The van der Waals surface area contributed by atoms with E-state index in [1.165, 1.54) is 0 Å². The first kappa shape index (κ1) is 12.4. The first-order valence-electron chi connectivity index (χ1n) is 2.94. The molecule has 0 aromatic heterocycles. The van der Waals surface area contributed by atoms with E-state index in [0.717, 1.165) is 0 Å². The Morgan fingerprint density at radius 3 is 1.60 bits per heavy atom. The fourth-order valence-corrected chi connectivity index (χ4v) is 0.271. The largest absolute Gasteiger partial charge is 0.393 e. The first-order chi connectivity index (χ1) is 4.20. The molecule has 58 valence electrons. The molecule has 10 heavy (non-hydrogen) atoms. The Balaban J connectivity index is 0. The first-order valence-corrected chi connectivity index (χ1v) is 2.94. The van der Waals surface area contributed by atoms with Crippen LogP contribution >= 0.6 is 0 Å². The van der Waals surface area contributed by atoms with Crippen LogP contribution in [-0.4, -0.2) is 29.3 Å². The highest BCUT2D eigenvalue weighted by molar-refractivity contribution is 5.84. The second-order valence-corrected chi connectivity index (χ2v) is 1.55. The van der Waals surface area contributed by atoms with E-state index in [-0.39, 0.29) is 30.2 Å². The molecule has 0 aliphatic heterocycles. The molecule has 0 aromatic carbocycles. The predicted molar refractivity (Wildman–Crippen MR) is 41.6 cm³/mol. The highest BCUT2D eigenvalue weighted by Gasteiger charge is 2.03. The summed E-state index contributed by atoms with van der Waals surface area (Å²) >= 11 is 0. The normalized spacial score (nSPS) is 7.80. The summed E-state index contributed by atoms with van der Waals surface area (Å²) in [5.41, 5.74) is 0. The van der Waals surface area contributed by atoms with Crippen molar-refractivity contribution in [1.29, 1.82) is 0 Å². The van der Waals surface area contributed by atoms with Gasteiger partial charge in [0.2, 0.25) is 0 Å². The Bertz CT molecular complexity index is 108. The number of rotatable bonds is 2. The molecule has 0 spiro atoms. The van der Waals surface area contributed by atoms with Gasteiger partial charge in [-0.05, 0) is 0 Å². The molecule has 0 N–H and O–H groups in total. The second kappa shape index (κ2) is 6.79. The topological polar surface area (TPSA) is 43.4 Å². The average Bonchev–Trinajstić information content (AvgIpc) is 1.87. The third-order valence-electron chi connectivity index (χ3n) is 0.805. The minimum Gasteiger partial charge on any atom is -0.393 e. The second-order valence-electron chi connectivity index (χ2n) is 1.55. The van der Waals surface area contributed by atoms with Crippen molar-refractivity contribution in [3.05, 3.63) is 0 Å². The van der Waals surface area contributed by atoms with Crippen molar-refractivity contribution >= 4 is 29.3 Å². The summed E-state index contributed by atoms with van der Waals surface area (Å²) in [6.45, 7) is 3.29. The summed E-state index contributed by atoms with van der Waals surface area (Å²) in [6, 6.07) is 0. The summed E-state index contributed by atoms with van der Waals surface area (Å²) in [6.07, 6.45) is 0.511. The fraction of sp³-hybridized carbons (Fsp3) is 0.667. The van der Waals surface area contributed by atoms with Crippen LogP contribution < -0.4 is 0 Å². The molecule has 0 atom stereocenters. The van der Waals surface area contributed by atoms with Crippen molar-refractivity contribution in [1.82, 2.24) is 0 Å². The van der Waals surface area contributed by atoms with Crippen LogP contribution in [0, 0.1) is 0 Å². The van der Waals surface area contributed by atoms with E-state index < -0.39 is 11.9 Å². The zero-order valence-electron chi connectivity index (χ0n) is 5.64. The van der Waals surface area contributed by atoms with Crippen molar-refractivity contribution in [2.75, 3.05) is 0 Å². The van der Waals surface area contributed by atoms with E-state index >= 15 is 0 Å². The number of carbonyl (C=O) groups is 2. The van der Waals surface area contributed by atoms with Crippen molar-refractivity contribution < 1.29 is 14.3 Å². The molecule has 4 heteroatoms. The average molecular weight is 160 g/mol. The van der Waals surface area contributed by atoms with Crippen LogP contribution in [0.5, 0.6) is 0 Å². The van der Waals surface area contributed by atoms with Crippen molar-refractivity contribution in [2.24, 2.45) is 0 Å². The molecule has 0 fully saturated rings. The minimum atomic E-state index is -0.457. The summed E-state index contributed by atoms with van der Waals surface area (Å²) < 4.78 is 4.27. The Hall–Kier alpha value is -0.328. The van der Waals surface area contributed by atoms with E-state index in [1.54, 1.807) is 13.8 Å². The number of esters is 2. The molecule has 0 aliphatic rings. The molecular formula is C6H13AlO3. The maximum Gasteiger partial charge on any atom is 0.313 e. The fourth-order valence-electron chi connectivity index (χ4n) is 0.271. The minimum absolute atomic E-state index is 0. The van der Waals surface area contributed by atoms with E-state index in [1.807, 2.05) is 0 Å². The van der Waals surface area contributed by atoms with Gasteiger partial charge in [-0.2, -0.15) is 0 Å². The van der Waals surface area contributed by atoms with E-state index in [9.17, 15) is 9.59 Å². The molecule has 0 radical (unpaired) electrons. The number of hydrogen-bond acceptors (Lipinski definition) is 3. The third-order valence-corrected chi connectivity index (χ3v) is 0.805. The molecule has 0 rings (SSSR count). The molecule has 0 aliphatic carbocycles. The van der Waals surface area contributed by atoms with Gasteiger partial charge in [0.05, 0.1) is 0 Å². The summed E-state index contributed by atoms with van der Waals surface area (Å²) in [5.74, 6) is -0.913. The van der Waals surface area contributed by atoms with Crippen LogP contribution in [0.25, 0.3) is 0 Å². The SMILES string of the molecule is CCC(=O)OC(=O)CC.[AlH3]. The van der Waals surface area contributed by atoms with E-state index in [2.05, 4.69) is 4.74 Å². The van der Waals surface area contributed by atoms with Gasteiger partial charge in [-0.1, -0.05) is 13.8 Å². The van der Waals surface area contributed by atoms with Crippen LogP contribution in [0.4, 0.5) is 0 Å². The van der Waals surface area contributed by atoms with Gasteiger partial charge in [0.1, 0.15) is 0 Å². The lowest BCUT2D eigenvalue weighted by Gasteiger charge is -1.95. The lowest BCUT2D eigenvalue weighted by atomic mass is 10.5. The molecule has 0 saturated carbocycles. The maximum atomic E-state index is 10.3. The standard InChI is InChI=1S/C6H10O3.Al.3H/c1-3-5(7)9-6(8)4-2;;;;/h3-4H2,1-2H3;;;;. The summed E-state index contributed by atoms with van der Waals surface area (Å²) in [7, 11) is 0. The number of ether oxygens (including phenoxy) is 1. The molecule has 3 nitrogen and oxygen atoms in total. The van der Waals surface area contributed by atoms with Gasteiger partial charge in [0.25, 0.3) is 0 Å². The Labute approximate surface area is 70.9 Å². The summed E-state index contributed by atoms with van der Waals surface area (Å²) in [5, 5.41) is 0. The van der Waals surface area contributed by atoms with Gasteiger partial charge in [-0.15, -0.1) is 0 Å².